The summed E-state index contributed by atoms with van der Waals surface area (Å²) >= 11 is 0. The van der Waals surface area contributed by atoms with Crippen molar-refractivity contribution >= 4 is 35.0 Å². The van der Waals surface area contributed by atoms with Gasteiger partial charge in [0.25, 0.3) is 0 Å². The van der Waals surface area contributed by atoms with Gasteiger partial charge in [-0.15, -0.1) is 0 Å². The fourth-order valence-electron chi connectivity index (χ4n) is 4.37. The van der Waals surface area contributed by atoms with Crippen molar-refractivity contribution in [3.63, 3.8) is 0 Å². The van der Waals surface area contributed by atoms with E-state index >= 15 is 0 Å². The van der Waals surface area contributed by atoms with Crippen molar-refractivity contribution < 1.29 is 32.6 Å². The fourth-order valence-corrected chi connectivity index (χ4v) is 4.37. The van der Waals surface area contributed by atoms with Crippen molar-refractivity contribution in [3.8, 4) is 5.75 Å². The number of aromatic hydroxyl groups is 1. The standard InChI is InChI=1S/C30H32F3N5O4/c31-30(32,33)23-11-10-22(19-26(23)39)36-29(41)28(35-13-14-38-15-17-42-18-16-38)21-8-5-20(6-9-21)7-12-27(40)37-25-4-2-1-3-24(25)34/h1-12,19,28,35,39H,13-18,34H2,(H,36,41)(H,37,40)/b12-7+. The molecule has 1 fully saturated rings. The Bertz CT molecular complexity index is 1410. The van der Waals surface area contributed by atoms with Crippen LogP contribution in [0.5, 0.6) is 5.75 Å². The number of nitrogens with one attached hydrogen (secondary N) is 3. The van der Waals surface area contributed by atoms with Crippen LogP contribution in [-0.2, 0) is 20.5 Å². The number of hydrogen-bond acceptors (Lipinski definition) is 7. The number of morpholine rings is 1. The molecule has 0 aliphatic carbocycles. The van der Waals surface area contributed by atoms with E-state index in [1.165, 1.54) is 6.08 Å². The number of ether oxygens (including phenoxy) is 1. The van der Waals surface area contributed by atoms with Crippen LogP contribution in [0, 0.1) is 0 Å². The summed E-state index contributed by atoms with van der Waals surface area (Å²) in [4.78, 5) is 27.8. The lowest BCUT2D eigenvalue weighted by molar-refractivity contribution is -0.138. The third kappa shape index (κ3) is 8.56. The molecule has 6 N–H and O–H groups in total. The number of halogens is 3. The minimum Gasteiger partial charge on any atom is -0.507 e. The highest BCUT2D eigenvalue weighted by atomic mass is 19.4. The highest BCUT2D eigenvalue weighted by Crippen LogP contribution is 2.37. The van der Waals surface area contributed by atoms with E-state index in [0.29, 0.717) is 48.8 Å². The van der Waals surface area contributed by atoms with Gasteiger partial charge in [-0.2, -0.15) is 13.2 Å². The number of rotatable bonds is 10. The van der Waals surface area contributed by atoms with E-state index in [1.807, 2.05) is 0 Å². The maximum Gasteiger partial charge on any atom is 0.419 e. The molecule has 1 atom stereocenters. The van der Waals surface area contributed by atoms with E-state index in [2.05, 4.69) is 20.9 Å². The summed E-state index contributed by atoms with van der Waals surface area (Å²) in [5, 5.41) is 18.4. The summed E-state index contributed by atoms with van der Waals surface area (Å²) in [5.41, 5.74) is 6.94. The molecule has 1 saturated heterocycles. The molecule has 4 rings (SSSR count). The molecule has 0 saturated carbocycles. The van der Waals surface area contributed by atoms with E-state index < -0.39 is 29.4 Å². The summed E-state index contributed by atoms with van der Waals surface area (Å²) in [6.07, 6.45) is -1.74. The Hall–Kier alpha value is -4.39. The second-order valence-corrected chi connectivity index (χ2v) is 9.64. The fraction of sp³-hybridized carbons (Fsp3) is 0.267. The maximum absolute atomic E-state index is 13.3. The highest BCUT2D eigenvalue weighted by Gasteiger charge is 2.34. The van der Waals surface area contributed by atoms with Crippen LogP contribution in [0.15, 0.2) is 72.8 Å². The van der Waals surface area contributed by atoms with Crippen molar-refractivity contribution in [3.05, 3.63) is 89.5 Å². The molecule has 1 unspecified atom stereocenters. The topological polar surface area (TPSA) is 129 Å². The number of carbonyl (C=O) groups is 2. The SMILES string of the molecule is Nc1ccccc1NC(=O)/C=C/c1ccc(C(NCCN2CCOCC2)C(=O)Nc2ccc(C(F)(F)F)c(O)c2)cc1. The summed E-state index contributed by atoms with van der Waals surface area (Å²) < 4.78 is 44.5. The van der Waals surface area contributed by atoms with Gasteiger partial charge in [-0.3, -0.25) is 14.5 Å². The maximum atomic E-state index is 13.3. The molecule has 1 heterocycles. The molecule has 0 aromatic heterocycles. The number of anilines is 3. The van der Waals surface area contributed by atoms with E-state index in [1.54, 1.807) is 54.6 Å². The zero-order valence-electron chi connectivity index (χ0n) is 22.7. The minimum atomic E-state index is -4.72. The molecule has 0 radical (unpaired) electrons. The van der Waals surface area contributed by atoms with Crippen LogP contribution in [-0.4, -0.2) is 61.2 Å². The predicted octanol–water partition coefficient (Wildman–Crippen LogP) is 4.25. The smallest absolute Gasteiger partial charge is 0.419 e. The summed E-state index contributed by atoms with van der Waals surface area (Å²) in [6, 6.07) is 15.7. The first-order valence-corrected chi connectivity index (χ1v) is 13.3. The normalized spacial score (nSPS) is 14.9. The third-order valence-corrected chi connectivity index (χ3v) is 6.63. The molecule has 12 heteroatoms. The Balaban J connectivity index is 1.45. The molecule has 222 valence electrons. The lowest BCUT2D eigenvalue weighted by Crippen LogP contribution is -2.42. The second kappa shape index (κ2) is 14.0. The molecule has 3 aromatic carbocycles. The Morgan fingerprint density at radius 3 is 2.40 bits per heavy atom. The number of nitrogen functional groups attached to an aromatic ring is 1. The van der Waals surface area contributed by atoms with Crippen LogP contribution < -0.4 is 21.7 Å². The number of benzene rings is 3. The van der Waals surface area contributed by atoms with E-state index in [4.69, 9.17) is 10.5 Å². The molecule has 9 nitrogen and oxygen atoms in total. The average Bonchev–Trinajstić information content (AvgIpc) is 2.96. The molecular formula is C30H32F3N5O4. The van der Waals surface area contributed by atoms with Crippen LogP contribution in [0.2, 0.25) is 0 Å². The zero-order chi connectivity index (χ0) is 30.1. The molecule has 1 aliphatic rings. The second-order valence-electron chi connectivity index (χ2n) is 9.64. The summed E-state index contributed by atoms with van der Waals surface area (Å²) in [5.74, 6) is -1.86. The Morgan fingerprint density at radius 1 is 1.02 bits per heavy atom. The van der Waals surface area contributed by atoms with Gasteiger partial charge in [-0.05, 0) is 41.5 Å². The number of hydrogen-bond donors (Lipinski definition) is 5. The van der Waals surface area contributed by atoms with Gasteiger partial charge in [0.15, 0.2) is 0 Å². The van der Waals surface area contributed by atoms with E-state index in [-0.39, 0.29) is 11.6 Å². The lowest BCUT2D eigenvalue weighted by atomic mass is 10.0. The van der Waals surface area contributed by atoms with Crippen LogP contribution in [0.3, 0.4) is 0 Å². The van der Waals surface area contributed by atoms with Gasteiger partial charge in [-0.25, -0.2) is 0 Å². The zero-order valence-corrected chi connectivity index (χ0v) is 22.7. The molecule has 3 aromatic rings. The van der Waals surface area contributed by atoms with Crippen LogP contribution in [0.4, 0.5) is 30.2 Å². The highest BCUT2D eigenvalue weighted by molar-refractivity contribution is 6.03. The number of carbonyl (C=O) groups excluding carboxylic acids is 2. The molecule has 0 spiro atoms. The third-order valence-electron chi connectivity index (χ3n) is 6.63. The van der Waals surface area contributed by atoms with Gasteiger partial charge in [-0.1, -0.05) is 36.4 Å². The molecule has 2 amide bonds. The lowest BCUT2D eigenvalue weighted by Gasteiger charge is -2.27. The first-order valence-electron chi connectivity index (χ1n) is 13.3. The number of amides is 2. The Kier molecular flexibility index (Phi) is 10.2. The Labute approximate surface area is 241 Å². The number of para-hydroxylation sites is 2. The van der Waals surface area contributed by atoms with E-state index in [0.717, 1.165) is 31.3 Å². The number of phenols is 1. The van der Waals surface area contributed by atoms with Crippen molar-refractivity contribution in [1.29, 1.82) is 0 Å². The van der Waals surface area contributed by atoms with Crippen molar-refractivity contribution in [2.24, 2.45) is 0 Å². The van der Waals surface area contributed by atoms with Crippen LogP contribution in [0.25, 0.3) is 6.08 Å². The largest absolute Gasteiger partial charge is 0.507 e. The summed E-state index contributed by atoms with van der Waals surface area (Å²) in [7, 11) is 0. The predicted molar refractivity (Wildman–Crippen MR) is 155 cm³/mol. The number of phenolic OH excluding ortho intramolecular Hbond substituents is 1. The first kappa shape index (κ1) is 30.6. The number of alkyl halides is 3. The van der Waals surface area contributed by atoms with Gasteiger partial charge in [0.05, 0.1) is 30.2 Å². The van der Waals surface area contributed by atoms with Gasteiger partial charge >= 0.3 is 6.18 Å². The average molecular weight is 584 g/mol. The van der Waals surface area contributed by atoms with Crippen LogP contribution in [0.1, 0.15) is 22.7 Å². The summed E-state index contributed by atoms with van der Waals surface area (Å²) in [6.45, 7) is 3.93. The van der Waals surface area contributed by atoms with Crippen molar-refractivity contribution in [2.45, 2.75) is 12.2 Å². The monoisotopic (exact) mass is 583 g/mol. The molecule has 1 aliphatic heterocycles. The van der Waals surface area contributed by atoms with Crippen LogP contribution >= 0.6 is 0 Å². The number of nitrogens with zero attached hydrogens (tertiary/aromatic N) is 1. The first-order chi connectivity index (χ1) is 20.1. The van der Waals surface area contributed by atoms with Gasteiger partial charge in [0.1, 0.15) is 11.8 Å². The molecule has 0 bridgehead atoms. The van der Waals surface area contributed by atoms with Gasteiger partial charge < -0.3 is 31.5 Å². The number of nitrogens with two attached hydrogens (primary N) is 1. The molecule has 42 heavy (non-hydrogen) atoms. The van der Waals surface area contributed by atoms with Gasteiger partial charge in [0.2, 0.25) is 11.8 Å². The Morgan fingerprint density at radius 2 is 1.74 bits per heavy atom. The van der Waals surface area contributed by atoms with Crippen molar-refractivity contribution in [1.82, 2.24) is 10.2 Å². The van der Waals surface area contributed by atoms with E-state index in [9.17, 15) is 27.9 Å². The van der Waals surface area contributed by atoms with Gasteiger partial charge in [0, 0.05) is 44.0 Å². The minimum absolute atomic E-state index is 0.0232. The molecular weight excluding hydrogens is 551 g/mol. The quantitative estimate of drug-likeness (QED) is 0.178. The van der Waals surface area contributed by atoms with Crippen molar-refractivity contribution in [2.75, 3.05) is 55.8 Å².